The van der Waals surface area contributed by atoms with Crippen LogP contribution in [0.3, 0.4) is 0 Å². The first-order chi connectivity index (χ1) is 9.19. The molecule has 5 heteroatoms. The van der Waals surface area contributed by atoms with Gasteiger partial charge in [0.1, 0.15) is 5.82 Å². The van der Waals surface area contributed by atoms with Crippen molar-refractivity contribution in [3.63, 3.8) is 0 Å². The molecule has 19 heavy (non-hydrogen) atoms. The standard InChI is InChI=1S/C14H14FN3S/c1-9-6-17-18(7-9)8-10-13(5-16)19-12-4-2-3-11(15)14(10)12/h2-4,6-7H,5,8,16H2,1H3. The number of rotatable bonds is 3. The van der Waals surface area contributed by atoms with E-state index in [0.29, 0.717) is 18.5 Å². The van der Waals surface area contributed by atoms with Crippen molar-refractivity contribution in [1.29, 1.82) is 0 Å². The molecule has 0 saturated carbocycles. The number of thiophene rings is 1. The molecule has 0 aliphatic heterocycles. The van der Waals surface area contributed by atoms with E-state index in [9.17, 15) is 4.39 Å². The zero-order valence-electron chi connectivity index (χ0n) is 10.6. The number of aromatic nitrogens is 2. The first-order valence-corrected chi connectivity index (χ1v) is 6.88. The van der Waals surface area contributed by atoms with Crippen LogP contribution >= 0.6 is 11.3 Å². The molecule has 0 bridgehead atoms. The molecule has 3 aromatic rings. The van der Waals surface area contributed by atoms with Crippen molar-refractivity contribution in [1.82, 2.24) is 9.78 Å². The van der Waals surface area contributed by atoms with E-state index in [1.165, 1.54) is 6.07 Å². The molecular weight excluding hydrogens is 261 g/mol. The van der Waals surface area contributed by atoms with E-state index in [1.54, 1.807) is 23.6 Å². The number of benzene rings is 1. The molecule has 2 N–H and O–H groups in total. The lowest BCUT2D eigenvalue weighted by atomic mass is 10.1. The smallest absolute Gasteiger partial charge is 0.132 e. The van der Waals surface area contributed by atoms with E-state index in [4.69, 9.17) is 5.73 Å². The highest BCUT2D eigenvalue weighted by molar-refractivity contribution is 7.19. The number of halogens is 1. The maximum atomic E-state index is 14.0. The highest BCUT2D eigenvalue weighted by atomic mass is 32.1. The molecule has 0 aliphatic carbocycles. The van der Waals surface area contributed by atoms with Crippen molar-refractivity contribution < 1.29 is 4.39 Å². The lowest BCUT2D eigenvalue weighted by molar-refractivity contribution is 0.635. The highest BCUT2D eigenvalue weighted by Gasteiger charge is 2.15. The second-order valence-electron chi connectivity index (χ2n) is 4.54. The first kappa shape index (κ1) is 12.3. The Bertz CT molecular complexity index is 729. The zero-order valence-corrected chi connectivity index (χ0v) is 11.4. The lowest BCUT2D eigenvalue weighted by Crippen LogP contribution is -2.04. The van der Waals surface area contributed by atoms with Gasteiger partial charge in [0.05, 0.1) is 12.7 Å². The number of nitrogens with two attached hydrogens (primary N) is 1. The van der Waals surface area contributed by atoms with E-state index in [-0.39, 0.29) is 5.82 Å². The summed E-state index contributed by atoms with van der Waals surface area (Å²) in [4.78, 5) is 1.02. The number of hydrogen-bond donors (Lipinski definition) is 1. The Kier molecular flexibility index (Phi) is 3.08. The predicted molar refractivity (Wildman–Crippen MR) is 75.7 cm³/mol. The van der Waals surface area contributed by atoms with E-state index >= 15 is 0 Å². The molecule has 0 spiro atoms. The van der Waals surface area contributed by atoms with Gasteiger partial charge in [-0.15, -0.1) is 11.3 Å². The normalized spacial score (nSPS) is 11.3. The molecule has 0 aliphatic rings. The lowest BCUT2D eigenvalue weighted by Gasteiger charge is -2.04. The van der Waals surface area contributed by atoms with Gasteiger partial charge in [0.15, 0.2) is 0 Å². The summed E-state index contributed by atoms with van der Waals surface area (Å²) in [7, 11) is 0. The van der Waals surface area contributed by atoms with Crippen molar-refractivity contribution in [3.05, 3.63) is 52.4 Å². The molecule has 0 fully saturated rings. The average Bonchev–Trinajstić information content (AvgIpc) is 2.95. The van der Waals surface area contributed by atoms with E-state index in [1.807, 2.05) is 23.9 Å². The van der Waals surface area contributed by atoms with Crippen LogP contribution in [0.5, 0.6) is 0 Å². The van der Waals surface area contributed by atoms with Crippen molar-refractivity contribution in [3.8, 4) is 0 Å². The quantitative estimate of drug-likeness (QED) is 0.798. The maximum absolute atomic E-state index is 14.0. The SMILES string of the molecule is Cc1cnn(Cc2c(CN)sc3cccc(F)c23)c1. The molecule has 2 heterocycles. The van der Waals surface area contributed by atoms with Gasteiger partial charge in [-0.1, -0.05) is 6.07 Å². The molecule has 0 amide bonds. The molecule has 0 radical (unpaired) electrons. The molecule has 1 aromatic carbocycles. The number of fused-ring (bicyclic) bond motifs is 1. The van der Waals surface area contributed by atoms with Crippen LogP contribution < -0.4 is 5.73 Å². The van der Waals surface area contributed by atoms with Gasteiger partial charge in [-0.25, -0.2) is 4.39 Å². The van der Waals surface area contributed by atoms with Crippen molar-refractivity contribution in [2.45, 2.75) is 20.0 Å². The first-order valence-electron chi connectivity index (χ1n) is 6.07. The van der Waals surface area contributed by atoms with Gasteiger partial charge in [-0.2, -0.15) is 5.10 Å². The summed E-state index contributed by atoms with van der Waals surface area (Å²) in [6.07, 6.45) is 3.75. The summed E-state index contributed by atoms with van der Waals surface area (Å²) in [6, 6.07) is 5.16. The van der Waals surface area contributed by atoms with E-state index in [0.717, 1.165) is 20.7 Å². The third-order valence-electron chi connectivity index (χ3n) is 3.11. The Balaban J connectivity index is 2.15. The summed E-state index contributed by atoms with van der Waals surface area (Å²) in [5.74, 6) is -0.188. The minimum Gasteiger partial charge on any atom is -0.326 e. The summed E-state index contributed by atoms with van der Waals surface area (Å²) >= 11 is 1.56. The third kappa shape index (κ3) is 2.15. The Morgan fingerprint density at radius 3 is 2.95 bits per heavy atom. The van der Waals surface area contributed by atoms with Crippen molar-refractivity contribution in [2.24, 2.45) is 5.73 Å². The monoisotopic (exact) mass is 275 g/mol. The number of nitrogens with zero attached hydrogens (tertiary/aromatic N) is 2. The van der Waals surface area contributed by atoms with Crippen molar-refractivity contribution >= 4 is 21.4 Å². The van der Waals surface area contributed by atoms with E-state index < -0.39 is 0 Å². The van der Waals surface area contributed by atoms with Gasteiger partial charge < -0.3 is 5.73 Å². The third-order valence-corrected chi connectivity index (χ3v) is 4.33. The fraction of sp³-hybridized carbons (Fsp3) is 0.214. The Morgan fingerprint density at radius 2 is 2.26 bits per heavy atom. The van der Waals surface area contributed by atoms with Gasteiger partial charge in [0.25, 0.3) is 0 Å². The molecule has 3 rings (SSSR count). The summed E-state index contributed by atoms with van der Waals surface area (Å²) in [5, 5.41) is 4.94. The topological polar surface area (TPSA) is 43.8 Å². The van der Waals surface area contributed by atoms with Crippen LogP contribution in [0.2, 0.25) is 0 Å². The summed E-state index contributed by atoms with van der Waals surface area (Å²) < 4.78 is 16.8. The second kappa shape index (κ2) is 4.75. The largest absolute Gasteiger partial charge is 0.326 e. The molecule has 0 unspecified atom stereocenters. The van der Waals surface area contributed by atoms with Gasteiger partial charge in [0.2, 0.25) is 0 Å². The Labute approximate surface area is 114 Å². The van der Waals surface area contributed by atoms with Gasteiger partial charge in [-0.05, 0) is 30.2 Å². The summed E-state index contributed by atoms with van der Waals surface area (Å²) in [6.45, 7) is 2.97. The van der Waals surface area contributed by atoms with Crippen LogP contribution in [0.1, 0.15) is 16.0 Å². The molecule has 2 aromatic heterocycles. The Hall–Kier alpha value is -1.72. The highest BCUT2D eigenvalue weighted by Crippen LogP contribution is 2.33. The molecule has 0 saturated heterocycles. The van der Waals surface area contributed by atoms with Crippen LogP contribution in [0.4, 0.5) is 4.39 Å². The molecule has 0 atom stereocenters. The molecular formula is C14H14FN3S. The fourth-order valence-electron chi connectivity index (χ4n) is 2.26. The average molecular weight is 275 g/mol. The fourth-order valence-corrected chi connectivity index (χ4v) is 3.37. The van der Waals surface area contributed by atoms with Gasteiger partial charge in [-0.3, -0.25) is 4.68 Å². The minimum absolute atomic E-state index is 0.188. The zero-order chi connectivity index (χ0) is 13.4. The number of aryl methyl sites for hydroxylation is 1. The van der Waals surface area contributed by atoms with E-state index in [2.05, 4.69) is 5.10 Å². The van der Waals surface area contributed by atoms with Crippen molar-refractivity contribution in [2.75, 3.05) is 0 Å². The maximum Gasteiger partial charge on any atom is 0.132 e. The molecule has 3 nitrogen and oxygen atoms in total. The minimum atomic E-state index is -0.188. The summed E-state index contributed by atoms with van der Waals surface area (Å²) in [5.41, 5.74) is 7.82. The van der Waals surface area contributed by atoms with Crippen LogP contribution in [-0.2, 0) is 13.1 Å². The molecule has 98 valence electrons. The van der Waals surface area contributed by atoms with Crippen LogP contribution in [0, 0.1) is 12.7 Å². The predicted octanol–water partition coefficient (Wildman–Crippen LogP) is 3.05. The number of hydrogen-bond acceptors (Lipinski definition) is 3. The van der Waals surface area contributed by atoms with Gasteiger partial charge >= 0.3 is 0 Å². The second-order valence-corrected chi connectivity index (χ2v) is 5.67. The van der Waals surface area contributed by atoms with Crippen LogP contribution in [-0.4, -0.2) is 9.78 Å². The van der Waals surface area contributed by atoms with Crippen LogP contribution in [0.15, 0.2) is 30.6 Å². The van der Waals surface area contributed by atoms with Gasteiger partial charge in [0, 0.05) is 27.7 Å². The Morgan fingerprint density at radius 1 is 1.42 bits per heavy atom. The van der Waals surface area contributed by atoms with Crippen LogP contribution in [0.25, 0.3) is 10.1 Å².